The van der Waals surface area contributed by atoms with Gasteiger partial charge in [0.1, 0.15) is 0 Å². The van der Waals surface area contributed by atoms with Gasteiger partial charge < -0.3 is 20.4 Å². The molecule has 6 nitrogen and oxygen atoms in total. The third-order valence-corrected chi connectivity index (χ3v) is 5.59. The topological polar surface area (TPSA) is 64.7 Å². The standard InChI is InChI=1S/C22H36N4O2/c1-5-26(6-2)20-13-11-19(12-14-20)24-22(28)18-9-7-17(8-10-18)21(27)23-15-16-25(3)4/h11-14,17-18H,5-10,15-16H2,1-4H3,(H,23,27)(H,24,28). The third-order valence-electron chi connectivity index (χ3n) is 5.59. The summed E-state index contributed by atoms with van der Waals surface area (Å²) in [5.74, 6) is 0.239. The van der Waals surface area contributed by atoms with Gasteiger partial charge in [-0.1, -0.05) is 0 Å². The summed E-state index contributed by atoms with van der Waals surface area (Å²) < 4.78 is 0. The van der Waals surface area contributed by atoms with E-state index in [1.807, 2.05) is 26.2 Å². The van der Waals surface area contributed by atoms with Gasteiger partial charge in [0.05, 0.1) is 0 Å². The Morgan fingerprint density at radius 2 is 1.46 bits per heavy atom. The fourth-order valence-corrected chi connectivity index (χ4v) is 3.75. The summed E-state index contributed by atoms with van der Waals surface area (Å²) in [6.07, 6.45) is 3.11. The summed E-state index contributed by atoms with van der Waals surface area (Å²) in [5, 5.41) is 6.05. The number of nitrogens with zero attached hydrogens (tertiary/aromatic N) is 2. The SMILES string of the molecule is CCN(CC)c1ccc(NC(=O)C2CCC(C(=O)NCCN(C)C)CC2)cc1. The van der Waals surface area contributed by atoms with Gasteiger partial charge >= 0.3 is 0 Å². The van der Waals surface area contributed by atoms with Gasteiger partial charge in [0.25, 0.3) is 0 Å². The molecule has 0 aromatic heterocycles. The van der Waals surface area contributed by atoms with Crippen LogP contribution in [0.1, 0.15) is 39.5 Å². The molecular weight excluding hydrogens is 352 g/mol. The summed E-state index contributed by atoms with van der Waals surface area (Å²) in [6, 6.07) is 8.04. The summed E-state index contributed by atoms with van der Waals surface area (Å²) >= 11 is 0. The number of carbonyl (C=O) groups is 2. The van der Waals surface area contributed by atoms with Gasteiger partial charge in [-0.2, -0.15) is 0 Å². The molecule has 0 atom stereocenters. The highest BCUT2D eigenvalue weighted by Crippen LogP contribution is 2.30. The second kappa shape index (κ2) is 11.1. The molecule has 1 saturated carbocycles. The number of hydrogen-bond acceptors (Lipinski definition) is 4. The van der Waals surface area contributed by atoms with Crippen molar-refractivity contribution in [3.05, 3.63) is 24.3 Å². The van der Waals surface area contributed by atoms with E-state index in [-0.39, 0.29) is 23.7 Å². The molecule has 2 N–H and O–H groups in total. The van der Waals surface area contributed by atoms with Crippen LogP contribution in [0.3, 0.4) is 0 Å². The number of carbonyl (C=O) groups excluding carboxylic acids is 2. The normalized spacial score (nSPS) is 19.3. The van der Waals surface area contributed by atoms with Crippen LogP contribution in [-0.2, 0) is 9.59 Å². The van der Waals surface area contributed by atoms with Gasteiger partial charge in [0.2, 0.25) is 11.8 Å². The smallest absolute Gasteiger partial charge is 0.227 e. The Hall–Kier alpha value is -2.08. The van der Waals surface area contributed by atoms with Gasteiger partial charge in [-0.15, -0.1) is 0 Å². The Morgan fingerprint density at radius 1 is 0.929 bits per heavy atom. The van der Waals surface area contributed by atoms with Crippen molar-refractivity contribution >= 4 is 23.2 Å². The molecule has 28 heavy (non-hydrogen) atoms. The first-order valence-electron chi connectivity index (χ1n) is 10.5. The maximum Gasteiger partial charge on any atom is 0.227 e. The van der Waals surface area contributed by atoms with Crippen molar-refractivity contribution in [1.82, 2.24) is 10.2 Å². The Kier molecular flexibility index (Phi) is 8.77. The summed E-state index contributed by atoms with van der Waals surface area (Å²) in [7, 11) is 3.99. The van der Waals surface area contributed by atoms with Gasteiger partial charge in [0.15, 0.2) is 0 Å². The zero-order valence-electron chi connectivity index (χ0n) is 17.8. The van der Waals surface area contributed by atoms with Crippen molar-refractivity contribution in [2.75, 3.05) is 50.5 Å². The molecule has 0 spiro atoms. The quantitative estimate of drug-likeness (QED) is 0.683. The molecule has 0 bridgehead atoms. The number of rotatable bonds is 9. The Balaban J connectivity index is 1.78. The summed E-state index contributed by atoms with van der Waals surface area (Å²) in [4.78, 5) is 29.2. The zero-order chi connectivity index (χ0) is 20.5. The van der Waals surface area contributed by atoms with Gasteiger partial charge in [-0.05, 0) is 77.9 Å². The lowest BCUT2D eigenvalue weighted by Crippen LogP contribution is -2.38. The monoisotopic (exact) mass is 388 g/mol. The van der Waals surface area contributed by atoms with Crippen LogP contribution in [0.5, 0.6) is 0 Å². The van der Waals surface area contributed by atoms with Gasteiger partial charge in [-0.25, -0.2) is 0 Å². The molecule has 2 rings (SSSR count). The second-order valence-electron chi connectivity index (χ2n) is 7.85. The molecule has 2 amide bonds. The first kappa shape index (κ1) is 22.2. The van der Waals surface area contributed by atoms with E-state index < -0.39 is 0 Å². The summed E-state index contributed by atoms with van der Waals surface area (Å²) in [5.41, 5.74) is 2.01. The highest BCUT2D eigenvalue weighted by Gasteiger charge is 2.29. The molecule has 0 aliphatic heterocycles. The molecule has 1 aliphatic rings. The fraction of sp³-hybridized carbons (Fsp3) is 0.636. The second-order valence-corrected chi connectivity index (χ2v) is 7.85. The Labute approximate surface area is 169 Å². The van der Waals surface area contributed by atoms with Crippen LogP contribution in [0.25, 0.3) is 0 Å². The van der Waals surface area contributed by atoms with Gasteiger partial charge in [-0.3, -0.25) is 9.59 Å². The van der Waals surface area contributed by atoms with E-state index in [0.29, 0.717) is 6.54 Å². The van der Waals surface area contributed by atoms with E-state index in [9.17, 15) is 9.59 Å². The van der Waals surface area contributed by atoms with Crippen molar-refractivity contribution < 1.29 is 9.59 Å². The van der Waals surface area contributed by atoms with E-state index in [0.717, 1.165) is 51.0 Å². The average molecular weight is 389 g/mol. The predicted molar refractivity (Wildman–Crippen MR) is 116 cm³/mol. The lowest BCUT2D eigenvalue weighted by atomic mass is 9.81. The minimum absolute atomic E-state index is 0.00622. The molecule has 1 aromatic carbocycles. The number of nitrogens with one attached hydrogen (secondary N) is 2. The Bertz CT molecular complexity index is 618. The minimum atomic E-state index is -0.00622. The first-order chi connectivity index (χ1) is 13.4. The maximum atomic E-state index is 12.6. The van der Waals surface area contributed by atoms with Crippen LogP contribution in [0.2, 0.25) is 0 Å². The first-order valence-corrected chi connectivity index (χ1v) is 10.5. The number of likely N-dealkylation sites (N-methyl/N-ethyl adjacent to an activating group) is 1. The van der Waals surface area contributed by atoms with Crippen LogP contribution in [0, 0.1) is 11.8 Å². The van der Waals surface area contributed by atoms with E-state index in [2.05, 4.69) is 46.4 Å². The van der Waals surface area contributed by atoms with Crippen molar-refractivity contribution in [3.8, 4) is 0 Å². The van der Waals surface area contributed by atoms with Crippen molar-refractivity contribution in [2.24, 2.45) is 11.8 Å². The van der Waals surface area contributed by atoms with Crippen LogP contribution in [0.15, 0.2) is 24.3 Å². The average Bonchev–Trinajstić information content (AvgIpc) is 2.70. The van der Waals surface area contributed by atoms with Crippen LogP contribution in [-0.4, -0.2) is 57.0 Å². The van der Waals surface area contributed by atoms with E-state index in [1.165, 1.54) is 5.69 Å². The maximum absolute atomic E-state index is 12.6. The van der Waals surface area contributed by atoms with Gasteiger partial charge in [0, 0.05) is 49.4 Å². The van der Waals surface area contributed by atoms with E-state index in [4.69, 9.17) is 0 Å². The van der Waals surface area contributed by atoms with Crippen LogP contribution in [0.4, 0.5) is 11.4 Å². The molecular formula is C22H36N4O2. The highest BCUT2D eigenvalue weighted by molar-refractivity contribution is 5.93. The van der Waals surface area contributed by atoms with Crippen LogP contribution < -0.4 is 15.5 Å². The molecule has 6 heteroatoms. The molecule has 1 aliphatic carbocycles. The molecule has 156 valence electrons. The van der Waals surface area contributed by atoms with Crippen LogP contribution >= 0.6 is 0 Å². The largest absolute Gasteiger partial charge is 0.372 e. The zero-order valence-corrected chi connectivity index (χ0v) is 17.8. The molecule has 0 unspecified atom stereocenters. The number of hydrogen-bond donors (Lipinski definition) is 2. The molecule has 1 aromatic rings. The lowest BCUT2D eigenvalue weighted by molar-refractivity contribution is -0.128. The van der Waals surface area contributed by atoms with Crippen molar-refractivity contribution in [1.29, 1.82) is 0 Å². The van der Waals surface area contributed by atoms with E-state index >= 15 is 0 Å². The lowest BCUT2D eigenvalue weighted by Gasteiger charge is -2.27. The third kappa shape index (κ3) is 6.51. The highest BCUT2D eigenvalue weighted by atomic mass is 16.2. The molecule has 1 fully saturated rings. The Morgan fingerprint density at radius 3 is 1.96 bits per heavy atom. The van der Waals surface area contributed by atoms with Crippen molar-refractivity contribution in [3.63, 3.8) is 0 Å². The molecule has 0 saturated heterocycles. The number of anilines is 2. The minimum Gasteiger partial charge on any atom is -0.372 e. The van der Waals surface area contributed by atoms with Crippen molar-refractivity contribution in [2.45, 2.75) is 39.5 Å². The number of benzene rings is 1. The molecule has 0 radical (unpaired) electrons. The van der Waals surface area contributed by atoms with E-state index in [1.54, 1.807) is 0 Å². The summed E-state index contributed by atoms with van der Waals surface area (Å²) in [6.45, 7) is 7.73. The molecule has 0 heterocycles. The fourth-order valence-electron chi connectivity index (χ4n) is 3.75. The number of amides is 2. The predicted octanol–water partition coefficient (Wildman–Crippen LogP) is 2.96.